The second kappa shape index (κ2) is 7.44. The first kappa shape index (κ1) is 22.2. The molecule has 4 aliphatic carbocycles. The van der Waals surface area contributed by atoms with Crippen LogP contribution in [0.2, 0.25) is 0 Å². The van der Waals surface area contributed by atoms with E-state index in [0.717, 1.165) is 43.2 Å². The molecule has 2 saturated carbocycles. The van der Waals surface area contributed by atoms with Crippen molar-refractivity contribution >= 4 is 17.7 Å². The van der Waals surface area contributed by atoms with Gasteiger partial charge in [0.15, 0.2) is 5.78 Å². The summed E-state index contributed by atoms with van der Waals surface area (Å²) in [6, 6.07) is 1.38. The van der Waals surface area contributed by atoms with Gasteiger partial charge in [-0.25, -0.2) is 9.59 Å². The van der Waals surface area contributed by atoms with E-state index in [9.17, 15) is 19.5 Å². The molecule has 4 aliphatic rings. The van der Waals surface area contributed by atoms with Gasteiger partial charge in [-0.2, -0.15) is 0 Å². The van der Waals surface area contributed by atoms with Crippen LogP contribution < -0.4 is 0 Å². The van der Waals surface area contributed by atoms with Crippen molar-refractivity contribution in [2.24, 2.45) is 23.2 Å². The molecule has 1 N–H and O–H groups in total. The van der Waals surface area contributed by atoms with Crippen LogP contribution in [0.3, 0.4) is 0 Å². The fraction of sp³-hybridized carbons (Fsp3) is 0.593. The number of hydrogen-bond acceptors (Lipinski definition) is 6. The molecule has 33 heavy (non-hydrogen) atoms. The minimum Gasteiger partial charge on any atom is -0.508 e. The summed E-state index contributed by atoms with van der Waals surface area (Å²) in [4.78, 5) is 37.4. The number of phenolic OH excluding ortho intramolecular Hbond substituents is 1. The highest BCUT2D eigenvalue weighted by molar-refractivity contribution is 6.05. The molecule has 5 atom stereocenters. The summed E-state index contributed by atoms with van der Waals surface area (Å²) >= 11 is 0. The maximum atomic E-state index is 12.8. The summed E-state index contributed by atoms with van der Waals surface area (Å²) in [5.74, 6) is 0.240. The number of hydrogen-bond donors (Lipinski definition) is 1. The van der Waals surface area contributed by atoms with Crippen molar-refractivity contribution in [1.29, 1.82) is 0 Å². The summed E-state index contributed by atoms with van der Waals surface area (Å²) in [7, 11) is 2.57. The Morgan fingerprint density at radius 1 is 1.00 bits per heavy atom. The van der Waals surface area contributed by atoms with Crippen molar-refractivity contribution in [3.05, 3.63) is 40.0 Å². The molecule has 0 bridgehead atoms. The smallest absolute Gasteiger partial charge is 0.339 e. The summed E-state index contributed by atoms with van der Waals surface area (Å²) in [5.41, 5.74) is 2.90. The predicted octanol–water partition coefficient (Wildman–Crippen LogP) is 4.51. The number of aromatic hydroxyl groups is 1. The van der Waals surface area contributed by atoms with Crippen LogP contribution in [0.5, 0.6) is 5.75 Å². The highest BCUT2D eigenvalue weighted by atomic mass is 16.5. The molecule has 6 heteroatoms. The van der Waals surface area contributed by atoms with Crippen molar-refractivity contribution in [3.63, 3.8) is 0 Å². The van der Waals surface area contributed by atoms with E-state index in [2.05, 4.69) is 13.8 Å². The third kappa shape index (κ3) is 2.95. The monoisotopic (exact) mass is 452 g/mol. The Bertz CT molecular complexity index is 1100. The molecule has 0 spiro atoms. The third-order valence-electron chi connectivity index (χ3n) is 9.55. The molecule has 1 aromatic carbocycles. The number of fused-ring (bicyclic) bond motifs is 7. The van der Waals surface area contributed by atoms with Crippen LogP contribution >= 0.6 is 0 Å². The summed E-state index contributed by atoms with van der Waals surface area (Å²) < 4.78 is 9.96. The Labute approximate surface area is 194 Å². The van der Waals surface area contributed by atoms with Gasteiger partial charge in [0.25, 0.3) is 0 Å². The van der Waals surface area contributed by atoms with E-state index in [0.29, 0.717) is 24.7 Å². The van der Waals surface area contributed by atoms with E-state index in [1.807, 2.05) is 6.08 Å². The average molecular weight is 453 g/mol. The normalized spacial score (nSPS) is 34.4. The van der Waals surface area contributed by atoms with Gasteiger partial charge in [0.05, 0.1) is 25.3 Å². The van der Waals surface area contributed by atoms with E-state index in [-0.39, 0.29) is 39.4 Å². The Hall–Kier alpha value is -2.63. The minimum atomic E-state index is -0.654. The first-order valence-electron chi connectivity index (χ1n) is 12.0. The van der Waals surface area contributed by atoms with E-state index in [4.69, 9.17) is 9.47 Å². The number of carbonyl (C=O) groups excluding carboxylic acids is 3. The van der Waals surface area contributed by atoms with Crippen molar-refractivity contribution in [2.75, 3.05) is 14.2 Å². The Balaban J connectivity index is 1.62. The van der Waals surface area contributed by atoms with Gasteiger partial charge in [-0.1, -0.05) is 19.4 Å². The van der Waals surface area contributed by atoms with Crippen LogP contribution in [0, 0.1) is 23.2 Å². The van der Waals surface area contributed by atoms with Crippen molar-refractivity contribution < 1.29 is 29.0 Å². The van der Waals surface area contributed by atoms with Crippen LogP contribution in [0.4, 0.5) is 0 Å². The second-order valence-electron chi connectivity index (χ2n) is 10.8. The highest BCUT2D eigenvalue weighted by Crippen LogP contribution is 2.65. The van der Waals surface area contributed by atoms with E-state index in [1.54, 1.807) is 0 Å². The second-order valence-corrected chi connectivity index (χ2v) is 10.8. The van der Waals surface area contributed by atoms with Gasteiger partial charge in [-0.3, -0.25) is 4.79 Å². The molecular weight excluding hydrogens is 420 g/mol. The van der Waals surface area contributed by atoms with Crippen LogP contribution in [0.15, 0.2) is 17.7 Å². The number of ether oxygens (including phenoxy) is 2. The summed E-state index contributed by atoms with van der Waals surface area (Å²) in [5, 5.41) is 11.1. The zero-order chi connectivity index (χ0) is 23.7. The lowest BCUT2D eigenvalue weighted by molar-refractivity contribution is -0.117. The quantitative estimate of drug-likeness (QED) is 0.664. The fourth-order valence-electron chi connectivity index (χ4n) is 7.96. The lowest BCUT2D eigenvalue weighted by Gasteiger charge is -2.57. The number of esters is 2. The largest absolute Gasteiger partial charge is 0.508 e. The Kier molecular flexibility index (Phi) is 5.00. The van der Waals surface area contributed by atoms with Crippen LogP contribution in [-0.2, 0) is 26.1 Å². The molecule has 6 nitrogen and oxygen atoms in total. The van der Waals surface area contributed by atoms with E-state index in [1.165, 1.54) is 25.9 Å². The number of ketones is 1. The number of allylic oxidation sites excluding steroid dienone is 2. The standard InChI is InChI=1S/C27H32O6/c1-26-9-7-15(28)11-14(26)5-6-16-19(26)8-10-27(2)20(16)12-17-22(25(31)33-4)18(24(30)32-3)13-21(29)23(17)27/h11,13,16,19-20,29H,5-10,12H2,1-4H3. The average Bonchev–Trinajstić information content (AvgIpc) is 3.12. The zero-order valence-corrected chi connectivity index (χ0v) is 19.8. The lowest BCUT2D eigenvalue weighted by Crippen LogP contribution is -2.51. The third-order valence-corrected chi connectivity index (χ3v) is 9.55. The van der Waals surface area contributed by atoms with Gasteiger partial charge in [0.2, 0.25) is 0 Å². The lowest BCUT2D eigenvalue weighted by atomic mass is 9.47. The number of benzene rings is 1. The molecule has 0 aliphatic heterocycles. The number of phenols is 1. The first-order chi connectivity index (χ1) is 15.7. The molecule has 176 valence electrons. The van der Waals surface area contributed by atoms with Crippen LogP contribution in [0.25, 0.3) is 0 Å². The minimum absolute atomic E-state index is 0.0390. The van der Waals surface area contributed by atoms with Gasteiger partial charge < -0.3 is 14.6 Å². The molecular formula is C27H32O6. The molecule has 2 fully saturated rings. The van der Waals surface area contributed by atoms with E-state index >= 15 is 0 Å². The van der Waals surface area contributed by atoms with Crippen molar-refractivity contribution in [2.45, 2.75) is 64.2 Å². The molecule has 5 unspecified atom stereocenters. The predicted molar refractivity (Wildman–Crippen MR) is 121 cm³/mol. The van der Waals surface area contributed by atoms with Crippen molar-refractivity contribution in [1.82, 2.24) is 0 Å². The maximum absolute atomic E-state index is 12.8. The SMILES string of the molecule is COC(=O)c1cc(O)c2c(c1C(=O)OC)CC1C3CCC4=CC(=O)CCC4(C)C3CCC21C. The molecule has 0 radical (unpaired) electrons. The Morgan fingerprint density at radius 2 is 1.73 bits per heavy atom. The molecule has 0 amide bonds. The van der Waals surface area contributed by atoms with Crippen LogP contribution in [0.1, 0.15) is 84.2 Å². The number of methoxy groups -OCH3 is 2. The molecule has 5 rings (SSSR count). The Morgan fingerprint density at radius 3 is 2.42 bits per heavy atom. The molecule has 0 saturated heterocycles. The zero-order valence-electron chi connectivity index (χ0n) is 19.8. The van der Waals surface area contributed by atoms with E-state index < -0.39 is 11.9 Å². The summed E-state index contributed by atoms with van der Waals surface area (Å²) in [6.45, 7) is 4.54. The number of carbonyl (C=O) groups is 3. The first-order valence-corrected chi connectivity index (χ1v) is 12.0. The van der Waals surface area contributed by atoms with Crippen molar-refractivity contribution in [3.8, 4) is 5.75 Å². The highest BCUT2D eigenvalue weighted by Gasteiger charge is 2.59. The topological polar surface area (TPSA) is 89.9 Å². The van der Waals surface area contributed by atoms with Gasteiger partial charge in [-0.05, 0) is 84.8 Å². The number of rotatable bonds is 2. The maximum Gasteiger partial charge on any atom is 0.339 e. The summed E-state index contributed by atoms with van der Waals surface area (Å²) in [6.07, 6.45) is 7.90. The fourth-order valence-corrected chi connectivity index (χ4v) is 7.96. The molecule has 0 heterocycles. The molecule has 0 aromatic heterocycles. The van der Waals surface area contributed by atoms with Crippen LogP contribution in [-0.4, -0.2) is 37.0 Å². The molecule has 1 aromatic rings. The van der Waals surface area contributed by atoms with Gasteiger partial charge in [0, 0.05) is 12.0 Å². The van der Waals surface area contributed by atoms with Gasteiger partial charge in [-0.15, -0.1) is 0 Å². The van der Waals surface area contributed by atoms with Gasteiger partial charge in [0.1, 0.15) is 5.75 Å². The van der Waals surface area contributed by atoms with Gasteiger partial charge >= 0.3 is 11.9 Å².